The highest BCUT2D eigenvalue weighted by molar-refractivity contribution is 6.05. The van der Waals surface area contributed by atoms with E-state index in [2.05, 4.69) is 15.4 Å². The van der Waals surface area contributed by atoms with Crippen LogP contribution in [0, 0.1) is 5.92 Å². The number of Topliss-reactive ketones (excluding diaryl/α,β-unsaturated/α-hetero) is 2. The largest absolute Gasteiger partial charge is 0.481 e. The second kappa shape index (κ2) is 8.73. The number of anilines is 2. The van der Waals surface area contributed by atoms with Crippen molar-refractivity contribution < 1.29 is 19.5 Å². The van der Waals surface area contributed by atoms with Crippen molar-refractivity contribution in [1.29, 1.82) is 0 Å². The first-order valence-corrected chi connectivity index (χ1v) is 7.57. The molecule has 0 spiro atoms. The number of carboxylic acids is 1. The van der Waals surface area contributed by atoms with Crippen LogP contribution in [0.25, 0.3) is 0 Å². The average Bonchev–Trinajstić information content (AvgIpc) is 2.51. The van der Waals surface area contributed by atoms with E-state index in [1.54, 1.807) is 6.92 Å². The van der Waals surface area contributed by atoms with Gasteiger partial charge in [0, 0.05) is 12.0 Å². The van der Waals surface area contributed by atoms with Crippen molar-refractivity contribution in [2.45, 2.75) is 33.1 Å². The van der Waals surface area contributed by atoms with Crippen molar-refractivity contribution in [1.82, 2.24) is 10.4 Å². The van der Waals surface area contributed by atoms with Gasteiger partial charge in [0.1, 0.15) is 29.7 Å². The Kier molecular flexibility index (Phi) is 7.00. The van der Waals surface area contributed by atoms with E-state index in [1.165, 1.54) is 6.92 Å². The molecule has 1 aromatic rings. The molecule has 0 amide bonds. The number of nitrogen functional groups attached to an aromatic ring is 2. The molecule has 0 aliphatic rings. The fraction of sp³-hybridized carbons (Fsp3) is 0.400. The summed E-state index contributed by atoms with van der Waals surface area (Å²) in [4.78, 5) is 43.4. The lowest BCUT2D eigenvalue weighted by atomic mass is 9.91. The van der Waals surface area contributed by atoms with Crippen LogP contribution >= 0.6 is 0 Å². The second-order valence-corrected chi connectivity index (χ2v) is 5.38. The number of nitrogens with two attached hydrogens (primary N) is 3. The number of aromatic nitrogens is 1. The zero-order valence-electron chi connectivity index (χ0n) is 14.1. The third kappa shape index (κ3) is 4.73. The zero-order valence-corrected chi connectivity index (χ0v) is 14.1. The number of carboxylic acid groups (broad SMARTS) is 1. The summed E-state index contributed by atoms with van der Waals surface area (Å²) < 4.78 is 0. The molecule has 25 heavy (non-hydrogen) atoms. The number of hydrogen-bond donors (Lipinski definition) is 5. The van der Waals surface area contributed by atoms with Gasteiger partial charge in [-0.1, -0.05) is 6.92 Å². The highest BCUT2D eigenvalue weighted by Gasteiger charge is 2.29. The van der Waals surface area contributed by atoms with E-state index in [0.717, 1.165) is 6.34 Å². The van der Waals surface area contributed by atoms with Crippen LogP contribution in [0.2, 0.25) is 0 Å². The van der Waals surface area contributed by atoms with Crippen LogP contribution < -0.4 is 22.7 Å². The summed E-state index contributed by atoms with van der Waals surface area (Å²) in [5.74, 6) is 1.44. The Balaban J connectivity index is 3.53. The molecule has 10 heteroatoms. The lowest BCUT2D eigenvalue weighted by Crippen LogP contribution is -2.27. The van der Waals surface area contributed by atoms with Gasteiger partial charge < -0.3 is 22.0 Å². The smallest absolute Gasteiger partial charge is 0.314 e. The normalized spacial score (nSPS) is 12.1. The van der Waals surface area contributed by atoms with Crippen molar-refractivity contribution in [2.24, 2.45) is 16.8 Å². The third-order valence-corrected chi connectivity index (χ3v) is 3.54. The molecule has 0 saturated carbocycles. The number of hydrazine groups is 1. The maximum Gasteiger partial charge on any atom is 0.314 e. The van der Waals surface area contributed by atoms with E-state index in [0.29, 0.717) is 6.42 Å². The number of rotatable bonds is 9. The van der Waals surface area contributed by atoms with Gasteiger partial charge in [0.25, 0.3) is 0 Å². The maximum absolute atomic E-state index is 12.1. The highest BCUT2D eigenvalue weighted by atomic mass is 16.4. The molecule has 8 N–H and O–H groups in total. The van der Waals surface area contributed by atoms with Crippen LogP contribution in [0.1, 0.15) is 42.6 Å². The Morgan fingerprint density at radius 1 is 1.32 bits per heavy atom. The molecule has 10 nitrogen and oxygen atoms in total. The molecule has 0 radical (unpaired) electrons. The van der Waals surface area contributed by atoms with Crippen LogP contribution in [0.15, 0.2) is 4.99 Å². The second-order valence-electron chi connectivity index (χ2n) is 5.38. The molecule has 0 saturated heterocycles. The molecule has 0 aliphatic carbocycles. The summed E-state index contributed by atoms with van der Waals surface area (Å²) in [6, 6.07) is 0. The SMILES string of the molecule is CCCC(=O)C(Cc1c(N)nc(N)c(C(C)=O)c1N=CNN)C(=O)O. The van der Waals surface area contributed by atoms with E-state index in [9.17, 15) is 19.5 Å². The van der Waals surface area contributed by atoms with Crippen molar-refractivity contribution in [2.75, 3.05) is 11.5 Å². The monoisotopic (exact) mass is 350 g/mol. The quantitative estimate of drug-likeness (QED) is 0.103. The van der Waals surface area contributed by atoms with Gasteiger partial charge >= 0.3 is 5.97 Å². The van der Waals surface area contributed by atoms with Crippen LogP contribution in [-0.4, -0.2) is 34.0 Å². The number of pyridine rings is 1. The van der Waals surface area contributed by atoms with E-state index in [-0.39, 0.29) is 41.3 Å². The summed E-state index contributed by atoms with van der Waals surface area (Å²) in [6.07, 6.45) is 1.46. The molecule has 1 unspecified atom stereocenters. The summed E-state index contributed by atoms with van der Waals surface area (Å²) in [7, 11) is 0. The van der Waals surface area contributed by atoms with Crippen LogP contribution in [-0.2, 0) is 16.0 Å². The minimum absolute atomic E-state index is 0.0113. The molecule has 1 rings (SSSR count). The number of nitrogens with zero attached hydrogens (tertiary/aromatic N) is 2. The number of carbonyl (C=O) groups is 3. The maximum atomic E-state index is 12.1. The van der Waals surface area contributed by atoms with E-state index >= 15 is 0 Å². The number of hydrogen-bond acceptors (Lipinski definition) is 8. The van der Waals surface area contributed by atoms with Gasteiger partial charge in [0.05, 0.1) is 11.3 Å². The summed E-state index contributed by atoms with van der Waals surface area (Å²) in [5.41, 5.74) is 14.0. The Morgan fingerprint density at radius 2 is 1.96 bits per heavy atom. The fourth-order valence-corrected chi connectivity index (χ4v) is 2.40. The van der Waals surface area contributed by atoms with Gasteiger partial charge in [0.2, 0.25) is 0 Å². The number of aliphatic imine (C=N–C) groups is 1. The summed E-state index contributed by atoms with van der Waals surface area (Å²) >= 11 is 0. The van der Waals surface area contributed by atoms with E-state index < -0.39 is 23.5 Å². The molecular weight excluding hydrogens is 328 g/mol. The molecule has 0 aliphatic heterocycles. The Morgan fingerprint density at radius 3 is 2.44 bits per heavy atom. The fourth-order valence-electron chi connectivity index (χ4n) is 2.40. The van der Waals surface area contributed by atoms with Crippen molar-refractivity contribution in [3.05, 3.63) is 11.1 Å². The molecular formula is C15H22N6O4. The Hall–Kier alpha value is -3.01. The molecule has 1 atom stereocenters. The zero-order chi connectivity index (χ0) is 19.1. The molecule has 1 aromatic heterocycles. The summed E-state index contributed by atoms with van der Waals surface area (Å²) in [5, 5.41) is 9.38. The Bertz CT molecular complexity index is 716. The number of ketones is 2. The van der Waals surface area contributed by atoms with Gasteiger partial charge in [-0.3, -0.25) is 14.4 Å². The van der Waals surface area contributed by atoms with Gasteiger partial charge in [-0.25, -0.2) is 15.8 Å². The minimum Gasteiger partial charge on any atom is -0.481 e. The predicted molar refractivity (Wildman–Crippen MR) is 93.3 cm³/mol. The number of carbonyl (C=O) groups excluding carboxylic acids is 2. The first-order valence-electron chi connectivity index (χ1n) is 7.57. The first-order chi connectivity index (χ1) is 11.7. The number of aliphatic carboxylic acids is 1. The van der Waals surface area contributed by atoms with Crippen LogP contribution in [0.5, 0.6) is 0 Å². The number of nitrogens with one attached hydrogen (secondary N) is 1. The lowest BCUT2D eigenvalue weighted by molar-refractivity contribution is -0.146. The first kappa shape index (κ1) is 20.0. The van der Waals surface area contributed by atoms with Crippen molar-refractivity contribution in [3.8, 4) is 0 Å². The van der Waals surface area contributed by atoms with Gasteiger partial charge in [-0.15, -0.1) is 0 Å². The average molecular weight is 350 g/mol. The molecule has 0 fully saturated rings. The van der Waals surface area contributed by atoms with Crippen LogP contribution in [0.4, 0.5) is 17.3 Å². The topological polar surface area (TPSA) is 187 Å². The van der Waals surface area contributed by atoms with Gasteiger partial charge in [-0.2, -0.15) is 0 Å². The standard InChI is InChI=1S/C15H22N6O4/c1-3-4-10(23)8(15(24)25)5-9-12(19-6-20-18)11(7(2)22)14(17)21-13(9)16/h6,8H,3-5,18H2,1-2H3,(H,24,25)(H5,16,17,19,20,21). The van der Waals surface area contributed by atoms with Crippen LogP contribution in [0.3, 0.4) is 0 Å². The van der Waals surface area contributed by atoms with Crippen molar-refractivity contribution in [3.63, 3.8) is 0 Å². The third-order valence-electron chi connectivity index (χ3n) is 3.54. The van der Waals surface area contributed by atoms with Gasteiger partial charge in [-0.05, 0) is 19.8 Å². The van der Waals surface area contributed by atoms with E-state index in [4.69, 9.17) is 17.3 Å². The Labute approximate surface area is 144 Å². The predicted octanol–water partition coefficient (Wildman–Crippen LogP) is 0.184. The summed E-state index contributed by atoms with van der Waals surface area (Å²) in [6.45, 7) is 3.03. The highest BCUT2D eigenvalue weighted by Crippen LogP contribution is 2.34. The minimum atomic E-state index is -1.33. The lowest BCUT2D eigenvalue weighted by Gasteiger charge is -2.17. The van der Waals surface area contributed by atoms with E-state index in [1.807, 2.05) is 0 Å². The molecule has 136 valence electrons. The molecule has 1 heterocycles. The van der Waals surface area contributed by atoms with Gasteiger partial charge in [0.15, 0.2) is 5.78 Å². The van der Waals surface area contributed by atoms with Crippen molar-refractivity contribution >= 4 is 41.2 Å². The molecule has 0 aromatic carbocycles. The molecule has 0 bridgehead atoms.